The number of hydrogen-bond donors (Lipinski definition) is 1. The Balaban J connectivity index is 2.51. The van der Waals surface area contributed by atoms with E-state index in [0.29, 0.717) is 0 Å². The molecule has 17 heavy (non-hydrogen) atoms. The molecule has 1 unspecified atom stereocenters. The third-order valence-electron chi connectivity index (χ3n) is 2.85. The number of primary amides is 1. The number of rotatable bonds is 3. The average Bonchev–Trinajstić information content (AvgIpc) is 2.59. The van der Waals surface area contributed by atoms with Crippen LogP contribution in [-0.2, 0) is 11.8 Å². The number of fused-ring (bicyclic) bond motifs is 1. The van der Waals surface area contributed by atoms with E-state index < -0.39 is 6.04 Å². The van der Waals surface area contributed by atoms with Crippen LogP contribution in [0, 0.1) is 0 Å². The molecule has 1 aromatic carbocycles. The Bertz CT molecular complexity index is 559. The molecule has 5 heteroatoms. The number of amides is 1. The number of carbonyl (C=O) groups is 1. The molecule has 0 radical (unpaired) electrons. The van der Waals surface area contributed by atoms with Gasteiger partial charge in [0.25, 0.3) is 0 Å². The van der Waals surface area contributed by atoms with Gasteiger partial charge in [0.05, 0.1) is 17.4 Å². The molecule has 2 rings (SSSR count). The molecular weight excluding hydrogens is 216 g/mol. The molecule has 0 saturated carbocycles. The van der Waals surface area contributed by atoms with Crippen molar-refractivity contribution in [2.75, 3.05) is 14.1 Å². The van der Waals surface area contributed by atoms with E-state index in [2.05, 4.69) is 4.98 Å². The minimum atomic E-state index is -0.415. The Labute approximate surface area is 99.8 Å². The van der Waals surface area contributed by atoms with Gasteiger partial charge in [0, 0.05) is 7.05 Å². The van der Waals surface area contributed by atoms with Gasteiger partial charge < -0.3 is 10.3 Å². The number of nitrogens with zero attached hydrogens (tertiary/aromatic N) is 3. The summed E-state index contributed by atoms with van der Waals surface area (Å²) in [6.07, 6.45) is 1.75. The normalized spacial score (nSPS) is 13.2. The van der Waals surface area contributed by atoms with E-state index in [1.807, 2.05) is 43.9 Å². The molecule has 0 saturated heterocycles. The Morgan fingerprint density at radius 3 is 2.76 bits per heavy atom. The Morgan fingerprint density at radius 2 is 2.18 bits per heavy atom. The van der Waals surface area contributed by atoms with E-state index >= 15 is 0 Å². The van der Waals surface area contributed by atoms with Gasteiger partial charge in [-0.3, -0.25) is 9.69 Å². The van der Waals surface area contributed by atoms with Crippen molar-refractivity contribution in [3.63, 3.8) is 0 Å². The number of likely N-dealkylation sites (N-methyl/N-ethyl adjacent to an activating group) is 1. The lowest BCUT2D eigenvalue weighted by Crippen LogP contribution is -2.32. The van der Waals surface area contributed by atoms with E-state index in [9.17, 15) is 4.79 Å². The summed E-state index contributed by atoms with van der Waals surface area (Å²) in [5.41, 5.74) is 8.19. The van der Waals surface area contributed by atoms with E-state index in [1.165, 1.54) is 0 Å². The highest BCUT2D eigenvalue weighted by atomic mass is 16.1. The molecule has 5 nitrogen and oxygen atoms in total. The van der Waals surface area contributed by atoms with Crippen LogP contribution in [0.3, 0.4) is 0 Å². The number of carbonyl (C=O) groups excluding carboxylic acids is 1. The first-order chi connectivity index (χ1) is 8.00. The van der Waals surface area contributed by atoms with Crippen LogP contribution in [0.2, 0.25) is 0 Å². The summed E-state index contributed by atoms with van der Waals surface area (Å²) in [5, 5.41) is 0. The van der Waals surface area contributed by atoms with Crippen molar-refractivity contribution in [2.45, 2.75) is 6.04 Å². The summed E-state index contributed by atoms with van der Waals surface area (Å²) < 4.78 is 1.94. The van der Waals surface area contributed by atoms with Gasteiger partial charge in [0.15, 0.2) is 0 Å². The average molecular weight is 232 g/mol. The van der Waals surface area contributed by atoms with Crippen LogP contribution in [0.15, 0.2) is 24.5 Å². The third-order valence-corrected chi connectivity index (χ3v) is 2.85. The van der Waals surface area contributed by atoms with Gasteiger partial charge in [-0.2, -0.15) is 0 Å². The van der Waals surface area contributed by atoms with Crippen LogP contribution in [0.5, 0.6) is 0 Å². The molecule has 1 aromatic heterocycles. The highest BCUT2D eigenvalue weighted by molar-refractivity contribution is 5.84. The maximum absolute atomic E-state index is 11.4. The van der Waals surface area contributed by atoms with Gasteiger partial charge in [-0.1, -0.05) is 6.07 Å². The van der Waals surface area contributed by atoms with Gasteiger partial charge in [-0.25, -0.2) is 4.98 Å². The lowest BCUT2D eigenvalue weighted by atomic mass is 10.0. The summed E-state index contributed by atoms with van der Waals surface area (Å²) in [5.74, 6) is -0.356. The molecule has 2 N–H and O–H groups in total. The van der Waals surface area contributed by atoms with Crippen LogP contribution in [-0.4, -0.2) is 34.5 Å². The first-order valence-electron chi connectivity index (χ1n) is 5.37. The molecule has 0 spiro atoms. The zero-order valence-electron chi connectivity index (χ0n) is 10.2. The molecule has 1 heterocycles. The molecule has 0 bridgehead atoms. The Kier molecular flexibility index (Phi) is 2.85. The van der Waals surface area contributed by atoms with Gasteiger partial charge >= 0.3 is 0 Å². The summed E-state index contributed by atoms with van der Waals surface area (Å²) in [7, 11) is 5.60. The van der Waals surface area contributed by atoms with Crippen molar-refractivity contribution in [3.05, 3.63) is 30.1 Å². The van der Waals surface area contributed by atoms with E-state index in [0.717, 1.165) is 16.6 Å². The fraction of sp³-hybridized carbons (Fsp3) is 0.333. The lowest BCUT2D eigenvalue weighted by molar-refractivity contribution is -0.122. The van der Waals surface area contributed by atoms with Crippen LogP contribution >= 0.6 is 0 Å². The smallest absolute Gasteiger partial charge is 0.239 e. The van der Waals surface area contributed by atoms with Crippen molar-refractivity contribution < 1.29 is 4.79 Å². The highest BCUT2D eigenvalue weighted by Crippen LogP contribution is 2.22. The van der Waals surface area contributed by atoms with Crippen molar-refractivity contribution in [3.8, 4) is 0 Å². The minimum absolute atomic E-state index is 0.356. The second-order valence-corrected chi connectivity index (χ2v) is 4.37. The van der Waals surface area contributed by atoms with Crippen molar-refractivity contribution in [1.29, 1.82) is 0 Å². The highest BCUT2D eigenvalue weighted by Gasteiger charge is 2.20. The summed E-state index contributed by atoms with van der Waals surface area (Å²) in [6, 6.07) is 5.36. The molecule has 0 fully saturated rings. The fourth-order valence-corrected chi connectivity index (χ4v) is 2.04. The van der Waals surface area contributed by atoms with E-state index in [1.54, 1.807) is 11.2 Å². The second kappa shape index (κ2) is 4.18. The second-order valence-electron chi connectivity index (χ2n) is 4.37. The molecule has 0 aliphatic rings. The fourth-order valence-electron chi connectivity index (χ4n) is 2.04. The largest absolute Gasteiger partial charge is 0.368 e. The van der Waals surface area contributed by atoms with Crippen LogP contribution in [0.4, 0.5) is 0 Å². The monoisotopic (exact) mass is 232 g/mol. The lowest BCUT2D eigenvalue weighted by Gasteiger charge is -2.21. The number of nitrogens with two attached hydrogens (primary N) is 1. The zero-order valence-corrected chi connectivity index (χ0v) is 10.2. The van der Waals surface area contributed by atoms with Crippen molar-refractivity contribution in [2.24, 2.45) is 12.8 Å². The maximum Gasteiger partial charge on any atom is 0.239 e. The van der Waals surface area contributed by atoms with Gasteiger partial charge in [0.2, 0.25) is 5.91 Å². The zero-order chi connectivity index (χ0) is 12.6. The molecular formula is C12H16N4O. The Morgan fingerprint density at radius 1 is 1.47 bits per heavy atom. The summed E-state index contributed by atoms with van der Waals surface area (Å²) in [6.45, 7) is 0. The topological polar surface area (TPSA) is 64.2 Å². The van der Waals surface area contributed by atoms with Gasteiger partial charge in [0.1, 0.15) is 6.04 Å². The molecule has 90 valence electrons. The molecule has 1 atom stereocenters. The van der Waals surface area contributed by atoms with E-state index in [-0.39, 0.29) is 5.91 Å². The number of hydrogen-bond acceptors (Lipinski definition) is 3. The minimum Gasteiger partial charge on any atom is -0.368 e. The van der Waals surface area contributed by atoms with Crippen LogP contribution < -0.4 is 5.73 Å². The Hall–Kier alpha value is -1.88. The molecule has 0 aliphatic heterocycles. The number of aryl methyl sites for hydroxylation is 1. The standard InChI is InChI=1S/C12H16N4O/c1-15(2)11(12(13)17)8-4-5-10-9(6-8)14-7-16(10)3/h4-7,11H,1-3H3,(H2,13,17). The first-order valence-corrected chi connectivity index (χ1v) is 5.37. The molecule has 2 aromatic rings. The van der Waals surface area contributed by atoms with Crippen molar-refractivity contribution in [1.82, 2.24) is 14.5 Å². The quantitative estimate of drug-likeness (QED) is 0.845. The summed E-state index contributed by atoms with van der Waals surface area (Å²) >= 11 is 0. The van der Waals surface area contributed by atoms with Crippen molar-refractivity contribution >= 4 is 16.9 Å². The predicted molar refractivity (Wildman–Crippen MR) is 66.3 cm³/mol. The third kappa shape index (κ3) is 2.01. The number of benzene rings is 1. The van der Waals surface area contributed by atoms with E-state index in [4.69, 9.17) is 5.73 Å². The van der Waals surface area contributed by atoms with Crippen LogP contribution in [0.25, 0.3) is 11.0 Å². The molecule has 0 aliphatic carbocycles. The SMILES string of the molecule is CN(C)C(C(N)=O)c1ccc2c(c1)ncn2C. The van der Waals surface area contributed by atoms with Crippen LogP contribution in [0.1, 0.15) is 11.6 Å². The first kappa shape index (κ1) is 11.6. The predicted octanol–water partition coefficient (Wildman–Crippen LogP) is 0.661. The number of aromatic nitrogens is 2. The van der Waals surface area contributed by atoms with Gasteiger partial charge in [-0.05, 0) is 31.8 Å². The number of imidazole rings is 1. The van der Waals surface area contributed by atoms with Gasteiger partial charge in [-0.15, -0.1) is 0 Å². The molecule has 1 amide bonds. The summed E-state index contributed by atoms with van der Waals surface area (Å²) in [4.78, 5) is 17.5. The maximum atomic E-state index is 11.4.